The summed E-state index contributed by atoms with van der Waals surface area (Å²) in [6.45, 7) is 2.41. The van der Waals surface area contributed by atoms with Crippen LogP contribution in [0.15, 0.2) is 18.2 Å². The minimum atomic E-state index is -3.13. The Hall–Kier alpha value is -1.73. The van der Waals surface area contributed by atoms with Gasteiger partial charge in [-0.25, -0.2) is 8.78 Å². The molecule has 2 amide bonds. The Morgan fingerprint density at radius 3 is 2.71 bits per heavy atom. The summed E-state index contributed by atoms with van der Waals surface area (Å²) in [5.74, 6) is -4.48. The number of nitrogens with zero attached hydrogens (tertiary/aromatic N) is 1. The quantitative estimate of drug-likeness (QED) is 0.839. The van der Waals surface area contributed by atoms with Gasteiger partial charge in [0.2, 0.25) is 11.8 Å². The zero-order valence-electron chi connectivity index (χ0n) is 13.6. The largest absolute Gasteiger partial charge is 0.350 e. The van der Waals surface area contributed by atoms with Crippen molar-refractivity contribution < 1.29 is 18.4 Å². The van der Waals surface area contributed by atoms with Gasteiger partial charge in [0.15, 0.2) is 0 Å². The number of hydrogen-bond acceptors (Lipinski definition) is 3. The molecular formula is C16H22ClF2N3O2. The molecule has 1 aromatic carbocycles. The van der Waals surface area contributed by atoms with Gasteiger partial charge in [0.05, 0.1) is 19.0 Å². The first-order chi connectivity index (χ1) is 10.7. The van der Waals surface area contributed by atoms with Crippen LogP contribution in [0.2, 0.25) is 0 Å². The minimum Gasteiger partial charge on any atom is -0.350 e. The first-order valence-electron chi connectivity index (χ1n) is 7.47. The Bertz CT molecular complexity index is 625. The van der Waals surface area contributed by atoms with Crippen molar-refractivity contribution >= 4 is 29.9 Å². The molecule has 0 aliphatic carbocycles. The fourth-order valence-electron chi connectivity index (χ4n) is 2.58. The third-order valence-electron chi connectivity index (χ3n) is 4.18. The molecule has 8 heteroatoms. The van der Waals surface area contributed by atoms with Crippen LogP contribution in [0.1, 0.15) is 17.5 Å². The highest BCUT2D eigenvalue weighted by molar-refractivity contribution is 6.00. The summed E-state index contributed by atoms with van der Waals surface area (Å²) in [6.07, 6.45) is 0.0212. The second-order valence-electron chi connectivity index (χ2n) is 5.90. The average Bonchev–Trinajstić information content (AvgIpc) is 2.89. The third-order valence-corrected chi connectivity index (χ3v) is 4.18. The fourth-order valence-corrected chi connectivity index (χ4v) is 2.58. The van der Waals surface area contributed by atoms with Crippen LogP contribution in [0.4, 0.5) is 14.5 Å². The lowest BCUT2D eigenvalue weighted by Gasteiger charge is -2.20. The van der Waals surface area contributed by atoms with Gasteiger partial charge in [-0.3, -0.25) is 9.59 Å². The molecular weight excluding hydrogens is 340 g/mol. The molecule has 1 fully saturated rings. The first-order valence-corrected chi connectivity index (χ1v) is 7.47. The molecule has 1 aliphatic heterocycles. The van der Waals surface area contributed by atoms with Crippen LogP contribution < -0.4 is 16.0 Å². The van der Waals surface area contributed by atoms with Gasteiger partial charge < -0.3 is 16.0 Å². The zero-order valence-corrected chi connectivity index (χ0v) is 14.5. The van der Waals surface area contributed by atoms with E-state index < -0.39 is 30.8 Å². The van der Waals surface area contributed by atoms with Gasteiger partial charge in [-0.1, -0.05) is 12.1 Å². The van der Waals surface area contributed by atoms with E-state index in [1.165, 1.54) is 0 Å². The fraction of sp³-hybridized carbons (Fsp3) is 0.500. The number of hydrogen-bond donors (Lipinski definition) is 2. The van der Waals surface area contributed by atoms with E-state index in [4.69, 9.17) is 5.73 Å². The van der Waals surface area contributed by atoms with Crippen LogP contribution in [0.5, 0.6) is 0 Å². The molecule has 0 saturated carbocycles. The standard InChI is InChI=1S/C16H21F2N3O2.ClH/c1-10-4-3-5-13(11(10)2)21-7-12(6-14(21)22)15(23)20-9-16(17,18)8-19;/h3-5,12H,6-9,19H2,1-2H3,(H,20,23);1H. The van der Waals surface area contributed by atoms with Crippen LogP contribution in [0, 0.1) is 19.8 Å². The molecule has 0 radical (unpaired) electrons. The van der Waals surface area contributed by atoms with Crippen molar-refractivity contribution in [3.05, 3.63) is 29.3 Å². The molecule has 1 heterocycles. The van der Waals surface area contributed by atoms with Crippen molar-refractivity contribution in [1.82, 2.24) is 5.32 Å². The maximum absolute atomic E-state index is 13.1. The lowest BCUT2D eigenvalue weighted by molar-refractivity contribution is -0.127. The molecule has 1 aliphatic rings. The molecule has 3 N–H and O–H groups in total. The molecule has 1 atom stereocenters. The molecule has 0 aromatic heterocycles. The van der Waals surface area contributed by atoms with Crippen LogP contribution in [-0.4, -0.2) is 37.4 Å². The van der Waals surface area contributed by atoms with Crippen molar-refractivity contribution in [3.63, 3.8) is 0 Å². The number of alkyl halides is 2. The van der Waals surface area contributed by atoms with Crippen LogP contribution in [0.3, 0.4) is 0 Å². The van der Waals surface area contributed by atoms with Gasteiger partial charge in [-0.2, -0.15) is 0 Å². The predicted molar refractivity (Wildman–Crippen MR) is 90.6 cm³/mol. The maximum Gasteiger partial charge on any atom is 0.277 e. The molecule has 1 unspecified atom stereocenters. The summed E-state index contributed by atoms with van der Waals surface area (Å²) in [5.41, 5.74) is 7.71. The van der Waals surface area contributed by atoms with E-state index in [1.807, 2.05) is 32.0 Å². The van der Waals surface area contributed by atoms with E-state index in [-0.39, 0.29) is 31.3 Å². The lowest BCUT2D eigenvalue weighted by Crippen LogP contribution is -2.44. The first kappa shape index (κ1) is 20.3. The van der Waals surface area contributed by atoms with Gasteiger partial charge in [0, 0.05) is 18.7 Å². The maximum atomic E-state index is 13.1. The van der Waals surface area contributed by atoms with E-state index in [9.17, 15) is 18.4 Å². The van der Waals surface area contributed by atoms with Crippen molar-refractivity contribution in [1.29, 1.82) is 0 Å². The van der Waals surface area contributed by atoms with Gasteiger partial charge in [-0.15, -0.1) is 12.4 Å². The molecule has 1 aromatic rings. The molecule has 2 rings (SSSR count). The third kappa shape index (κ3) is 4.42. The smallest absolute Gasteiger partial charge is 0.277 e. The summed E-state index contributed by atoms with van der Waals surface area (Å²) < 4.78 is 26.2. The molecule has 0 spiro atoms. The van der Waals surface area contributed by atoms with E-state index >= 15 is 0 Å². The number of amides is 2. The highest BCUT2D eigenvalue weighted by atomic mass is 35.5. The number of nitrogens with two attached hydrogens (primary N) is 1. The van der Waals surface area contributed by atoms with E-state index in [0.29, 0.717) is 0 Å². The summed E-state index contributed by atoms with van der Waals surface area (Å²) >= 11 is 0. The van der Waals surface area contributed by atoms with Crippen LogP contribution in [-0.2, 0) is 9.59 Å². The molecule has 5 nitrogen and oxygen atoms in total. The monoisotopic (exact) mass is 361 g/mol. The number of aryl methyl sites for hydroxylation is 1. The predicted octanol–water partition coefficient (Wildman–Crippen LogP) is 1.79. The van der Waals surface area contributed by atoms with Crippen molar-refractivity contribution in [2.45, 2.75) is 26.2 Å². The number of carbonyl (C=O) groups excluding carboxylic acids is 2. The van der Waals surface area contributed by atoms with E-state index in [0.717, 1.165) is 16.8 Å². The van der Waals surface area contributed by atoms with Crippen LogP contribution >= 0.6 is 12.4 Å². The highest BCUT2D eigenvalue weighted by Crippen LogP contribution is 2.29. The molecule has 134 valence electrons. The van der Waals surface area contributed by atoms with Gasteiger partial charge >= 0.3 is 0 Å². The summed E-state index contributed by atoms with van der Waals surface area (Å²) in [6, 6.07) is 5.61. The number of halogens is 3. The number of nitrogens with one attached hydrogen (secondary N) is 1. The Labute approximate surface area is 146 Å². The Kier molecular flexibility index (Phi) is 6.68. The van der Waals surface area contributed by atoms with Gasteiger partial charge in [-0.05, 0) is 31.0 Å². The summed E-state index contributed by atoms with van der Waals surface area (Å²) in [5, 5.41) is 2.19. The second-order valence-corrected chi connectivity index (χ2v) is 5.90. The highest BCUT2D eigenvalue weighted by Gasteiger charge is 2.37. The average molecular weight is 362 g/mol. The second kappa shape index (κ2) is 7.90. The Morgan fingerprint density at radius 2 is 2.08 bits per heavy atom. The van der Waals surface area contributed by atoms with Crippen molar-refractivity contribution in [3.8, 4) is 0 Å². The topological polar surface area (TPSA) is 75.4 Å². The Morgan fingerprint density at radius 1 is 1.42 bits per heavy atom. The van der Waals surface area contributed by atoms with E-state index in [2.05, 4.69) is 5.32 Å². The number of anilines is 1. The molecule has 24 heavy (non-hydrogen) atoms. The van der Waals surface area contributed by atoms with Gasteiger partial charge in [0.25, 0.3) is 5.92 Å². The summed E-state index contributed by atoms with van der Waals surface area (Å²) in [7, 11) is 0. The molecule has 1 saturated heterocycles. The number of benzene rings is 1. The SMILES string of the molecule is Cc1cccc(N2CC(C(=O)NCC(F)(F)CN)CC2=O)c1C.Cl. The normalized spacial score (nSPS) is 17.6. The Balaban J connectivity index is 0.00000288. The number of carbonyl (C=O) groups is 2. The molecule has 0 bridgehead atoms. The number of rotatable bonds is 5. The van der Waals surface area contributed by atoms with Crippen molar-refractivity contribution in [2.75, 3.05) is 24.5 Å². The lowest BCUT2D eigenvalue weighted by atomic mass is 10.1. The van der Waals surface area contributed by atoms with Gasteiger partial charge in [0.1, 0.15) is 0 Å². The minimum absolute atomic E-state index is 0. The van der Waals surface area contributed by atoms with Crippen LogP contribution in [0.25, 0.3) is 0 Å². The zero-order chi connectivity index (χ0) is 17.2. The van der Waals surface area contributed by atoms with Crippen molar-refractivity contribution in [2.24, 2.45) is 11.7 Å². The van der Waals surface area contributed by atoms with E-state index in [1.54, 1.807) is 4.90 Å². The summed E-state index contributed by atoms with van der Waals surface area (Å²) in [4.78, 5) is 25.8.